The number of rotatable bonds is 4. The third-order valence-corrected chi connectivity index (χ3v) is 5.14. The predicted molar refractivity (Wildman–Crippen MR) is 102 cm³/mol. The van der Waals surface area contributed by atoms with Gasteiger partial charge in [-0.05, 0) is 18.2 Å². The van der Waals surface area contributed by atoms with Crippen LogP contribution in [0.4, 0.5) is 14.9 Å². The maximum Gasteiger partial charge on any atom is 0.322 e. The van der Waals surface area contributed by atoms with Crippen molar-refractivity contribution in [2.45, 2.75) is 25.9 Å². The fraction of sp³-hybridized carbons (Fsp3) is 0.474. The van der Waals surface area contributed by atoms with E-state index in [1.54, 1.807) is 26.6 Å². The Kier molecular flexibility index (Phi) is 5.70. The molecule has 29 heavy (non-hydrogen) atoms. The molecular weight excluding hydrogens is 379 g/mol. The Hall–Kier alpha value is -3.01. The topological polar surface area (TPSA) is 92.6 Å². The van der Waals surface area contributed by atoms with Crippen LogP contribution < -0.4 is 5.32 Å². The SMILES string of the molecule is O=C(CCc1nnn2c1CN(C(=O)Nc1cccc(F)c1)CC2)N1CCOCC1. The zero-order valence-corrected chi connectivity index (χ0v) is 16.0. The molecule has 9 nitrogen and oxygen atoms in total. The Morgan fingerprint density at radius 1 is 1.14 bits per heavy atom. The molecule has 1 fully saturated rings. The van der Waals surface area contributed by atoms with E-state index in [-0.39, 0.29) is 11.9 Å². The number of nitrogens with zero attached hydrogens (tertiary/aromatic N) is 5. The van der Waals surface area contributed by atoms with Gasteiger partial charge in [-0.15, -0.1) is 5.10 Å². The first-order valence-electron chi connectivity index (χ1n) is 9.68. The lowest BCUT2D eigenvalue weighted by atomic mass is 10.1. The molecule has 2 aliphatic heterocycles. The molecule has 3 heterocycles. The Morgan fingerprint density at radius 2 is 1.97 bits per heavy atom. The molecule has 3 amide bonds. The first kappa shape index (κ1) is 19.3. The van der Waals surface area contributed by atoms with Crippen molar-refractivity contribution in [2.24, 2.45) is 0 Å². The summed E-state index contributed by atoms with van der Waals surface area (Å²) in [6.07, 6.45) is 0.825. The van der Waals surface area contributed by atoms with Crippen LogP contribution in [0.2, 0.25) is 0 Å². The number of halogens is 1. The number of hydrogen-bond donors (Lipinski definition) is 1. The summed E-state index contributed by atoms with van der Waals surface area (Å²) in [5, 5.41) is 11.1. The van der Waals surface area contributed by atoms with Gasteiger partial charge in [0.15, 0.2) is 0 Å². The number of fused-ring (bicyclic) bond motifs is 1. The maximum absolute atomic E-state index is 13.3. The predicted octanol–water partition coefficient (Wildman–Crippen LogP) is 1.26. The van der Waals surface area contributed by atoms with E-state index < -0.39 is 5.82 Å². The molecule has 4 rings (SSSR count). The van der Waals surface area contributed by atoms with Gasteiger partial charge in [-0.2, -0.15) is 0 Å². The van der Waals surface area contributed by atoms with Crippen molar-refractivity contribution in [2.75, 3.05) is 38.2 Å². The van der Waals surface area contributed by atoms with Gasteiger partial charge < -0.3 is 19.9 Å². The van der Waals surface area contributed by atoms with E-state index in [2.05, 4.69) is 15.6 Å². The summed E-state index contributed by atoms with van der Waals surface area (Å²) in [6.45, 7) is 3.72. The van der Waals surface area contributed by atoms with Crippen LogP contribution in [0.15, 0.2) is 24.3 Å². The minimum absolute atomic E-state index is 0.0755. The van der Waals surface area contributed by atoms with Crippen LogP contribution in [0.3, 0.4) is 0 Å². The third-order valence-electron chi connectivity index (χ3n) is 5.14. The second kappa shape index (κ2) is 8.56. The molecule has 0 spiro atoms. The molecule has 0 bridgehead atoms. The highest BCUT2D eigenvalue weighted by atomic mass is 19.1. The number of nitrogens with one attached hydrogen (secondary N) is 1. The standard InChI is InChI=1S/C19H23FN6O3/c20-14-2-1-3-15(12-14)21-19(28)25-6-7-26-17(13-25)16(22-23-26)4-5-18(27)24-8-10-29-11-9-24/h1-3,12H,4-11,13H2,(H,21,28). The summed E-state index contributed by atoms with van der Waals surface area (Å²) < 4.78 is 20.4. The highest BCUT2D eigenvalue weighted by Gasteiger charge is 2.26. The number of hydrogen-bond acceptors (Lipinski definition) is 5. The molecule has 0 radical (unpaired) electrons. The maximum atomic E-state index is 13.3. The smallest absolute Gasteiger partial charge is 0.322 e. The average Bonchev–Trinajstić information content (AvgIpc) is 3.15. The number of ether oxygens (including phenoxy) is 1. The molecule has 2 aromatic rings. The van der Waals surface area contributed by atoms with Crippen LogP contribution >= 0.6 is 0 Å². The molecular formula is C19H23FN6O3. The van der Waals surface area contributed by atoms with Gasteiger partial charge in [0.25, 0.3) is 0 Å². The molecule has 1 saturated heterocycles. The normalized spacial score (nSPS) is 16.4. The van der Waals surface area contributed by atoms with E-state index in [9.17, 15) is 14.0 Å². The molecule has 1 aromatic heterocycles. The quantitative estimate of drug-likeness (QED) is 0.831. The van der Waals surface area contributed by atoms with Crippen LogP contribution in [-0.4, -0.2) is 69.6 Å². The first-order valence-corrected chi connectivity index (χ1v) is 9.68. The first-order chi connectivity index (χ1) is 14.1. The van der Waals surface area contributed by atoms with Crippen molar-refractivity contribution in [3.63, 3.8) is 0 Å². The number of aryl methyl sites for hydroxylation is 1. The van der Waals surface area contributed by atoms with E-state index >= 15 is 0 Å². The number of anilines is 1. The second-order valence-electron chi connectivity index (χ2n) is 7.06. The number of amides is 3. The number of morpholine rings is 1. The monoisotopic (exact) mass is 402 g/mol. The van der Waals surface area contributed by atoms with E-state index in [4.69, 9.17) is 4.74 Å². The van der Waals surface area contributed by atoms with Gasteiger partial charge in [-0.3, -0.25) is 4.79 Å². The van der Waals surface area contributed by atoms with Crippen molar-refractivity contribution in [3.05, 3.63) is 41.5 Å². The summed E-state index contributed by atoms with van der Waals surface area (Å²) in [6, 6.07) is 5.48. The Balaban J connectivity index is 1.36. The number of benzene rings is 1. The lowest BCUT2D eigenvalue weighted by Crippen LogP contribution is -2.41. The van der Waals surface area contributed by atoms with Crippen molar-refractivity contribution in [3.8, 4) is 0 Å². The van der Waals surface area contributed by atoms with Crippen LogP contribution in [0.25, 0.3) is 0 Å². The minimum Gasteiger partial charge on any atom is -0.378 e. The number of carbonyl (C=O) groups excluding carboxylic acids is 2. The summed E-state index contributed by atoms with van der Waals surface area (Å²) in [7, 11) is 0. The zero-order chi connectivity index (χ0) is 20.2. The Morgan fingerprint density at radius 3 is 2.76 bits per heavy atom. The fourth-order valence-corrected chi connectivity index (χ4v) is 3.53. The molecule has 2 aliphatic rings. The molecule has 10 heteroatoms. The Bertz CT molecular complexity index is 896. The molecule has 0 aliphatic carbocycles. The van der Waals surface area contributed by atoms with E-state index in [1.165, 1.54) is 12.1 Å². The van der Waals surface area contributed by atoms with E-state index in [0.29, 0.717) is 64.5 Å². The highest BCUT2D eigenvalue weighted by Crippen LogP contribution is 2.18. The van der Waals surface area contributed by atoms with Gasteiger partial charge >= 0.3 is 6.03 Å². The number of carbonyl (C=O) groups is 2. The van der Waals surface area contributed by atoms with Gasteiger partial charge in [0.05, 0.1) is 37.7 Å². The summed E-state index contributed by atoms with van der Waals surface area (Å²) in [4.78, 5) is 28.4. The highest BCUT2D eigenvalue weighted by molar-refractivity contribution is 5.89. The van der Waals surface area contributed by atoms with Crippen LogP contribution in [-0.2, 0) is 29.0 Å². The van der Waals surface area contributed by atoms with Gasteiger partial charge in [0.2, 0.25) is 5.91 Å². The second-order valence-corrected chi connectivity index (χ2v) is 7.06. The molecule has 1 aromatic carbocycles. The molecule has 0 saturated carbocycles. The van der Waals surface area contributed by atoms with Crippen molar-refractivity contribution in [1.29, 1.82) is 0 Å². The van der Waals surface area contributed by atoms with Crippen molar-refractivity contribution >= 4 is 17.6 Å². The lowest BCUT2D eigenvalue weighted by Gasteiger charge is -2.28. The number of aromatic nitrogens is 3. The summed E-state index contributed by atoms with van der Waals surface area (Å²) in [5.41, 5.74) is 1.97. The summed E-state index contributed by atoms with van der Waals surface area (Å²) in [5.74, 6) is -0.331. The van der Waals surface area contributed by atoms with Crippen molar-refractivity contribution < 1.29 is 18.7 Å². The number of urea groups is 1. The molecule has 154 valence electrons. The molecule has 0 unspecified atom stereocenters. The minimum atomic E-state index is -0.407. The third kappa shape index (κ3) is 4.53. The van der Waals surface area contributed by atoms with Gasteiger partial charge in [0.1, 0.15) is 5.82 Å². The average molecular weight is 402 g/mol. The van der Waals surface area contributed by atoms with E-state index in [1.807, 2.05) is 0 Å². The molecule has 1 N–H and O–H groups in total. The van der Waals surface area contributed by atoms with Crippen LogP contribution in [0.5, 0.6) is 0 Å². The molecule has 0 atom stereocenters. The van der Waals surface area contributed by atoms with E-state index in [0.717, 1.165) is 11.4 Å². The van der Waals surface area contributed by atoms with Crippen molar-refractivity contribution in [1.82, 2.24) is 24.8 Å². The lowest BCUT2D eigenvalue weighted by molar-refractivity contribution is -0.135. The Labute approximate surface area is 167 Å². The fourth-order valence-electron chi connectivity index (χ4n) is 3.53. The van der Waals surface area contributed by atoms with Gasteiger partial charge in [0, 0.05) is 38.2 Å². The zero-order valence-electron chi connectivity index (χ0n) is 16.0. The van der Waals surface area contributed by atoms with Crippen LogP contribution in [0.1, 0.15) is 17.8 Å². The van der Waals surface area contributed by atoms with Gasteiger partial charge in [-0.1, -0.05) is 11.3 Å². The van der Waals surface area contributed by atoms with Crippen LogP contribution in [0, 0.1) is 5.82 Å². The largest absolute Gasteiger partial charge is 0.378 e. The summed E-state index contributed by atoms with van der Waals surface area (Å²) >= 11 is 0. The van der Waals surface area contributed by atoms with Gasteiger partial charge in [-0.25, -0.2) is 13.9 Å².